The molecule has 0 fully saturated rings. The lowest BCUT2D eigenvalue weighted by Crippen LogP contribution is -2.20. The first-order valence-electron chi connectivity index (χ1n) is 8.48. The number of rotatable bonds is 3. The molecule has 2 heterocycles. The van der Waals surface area contributed by atoms with Crippen LogP contribution in [0.5, 0.6) is 0 Å². The molecule has 0 atom stereocenters. The molecule has 4 rings (SSSR count). The Hall–Kier alpha value is -3.91. The van der Waals surface area contributed by atoms with E-state index in [1.807, 2.05) is 61.9 Å². The van der Waals surface area contributed by atoms with Gasteiger partial charge in [0.05, 0.1) is 17.8 Å². The van der Waals surface area contributed by atoms with E-state index >= 15 is 0 Å². The van der Waals surface area contributed by atoms with Crippen molar-refractivity contribution in [1.29, 1.82) is 5.26 Å². The Morgan fingerprint density at radius 2 is 1.67 bits per heavy atom. The van der Waals surface area contributed by atoms with Gasteiger partial charge in [0.15, 0.2) is 0 Å². The topological polar surface area (TPSA) is 63.6 Å². The molecule has 130 valence electrons. The van der Waals surface area contributed by atoms with Crippen molar-refractivity contribution in [2.75, 3.05) is 0 Å². The molecule has 0 spiro atoms. The summed E-state index contributed by atoms with van der Waals surface area (Å²) in [5, 5.41) is 13.7. The Kier molecular flexibility index (Phi) is 4.15. The average Bonchev–Trinajstić information content (AvgIpc) is 3.15. The highest BCUT2D eigenvalue weighted by molar-refractivity contribution is 5.75. The van der Waals surface area contributed by atoms with Gasteiger partial charge in [-0.25, -0.2) is 0 Å². The van der Waals surface area contributed by atoms with Crippen molar-refractivity contribution in [1.82, 2.24) is 14.3 Å². The number of aryl methyl sites for hydroxylation is 1. The third-order valence-electron chi connectivity index (χ3n) is 4.43. The van der Waals surface area contributed by atoms with Crippen LogP contribution in [-0.2, 0) is 7.05 Å². The van der Waals surface area contributed by atoms with Crippen LogP contribution < -0.4 is 5.56 Å². The highest BCUT2D eigenvalue weighted by Gasteiger charge is 2.14. The molecule has 0 saturated carbocycles. The minimum absolute atomic E-state index is 0.170. The van der Waals surface area contributed by atoms with Crippen molar-refractivity contribution in [3.8, 4) is 34.0 Å². The van der Waals surface area contributed by atoms with E-state index in [1.165, 1.54) is 0 Å². The molecular weight excluding hydrogens is 336 g/mol. The molecule has 0 amide bonds. The molecular formula is C22H16N4O. The van der Waals surface area contributed by atoms with Crippen LogP contribution in [0.15, 0.2) is 84.0 Å². The summed E-state index contributed by atoms with van der Waals surface area (Å²) in [6, 6.07) is 20.6. The molecule has 0 aliphatic carbocycles. The van der Waals surface area contributed by atoms with Gasteiger partial charge in [-0.3, -0.25) is 14.0 Å². The Balaban J connectivity index is 2.04. The second-order valence-electron chi connectivity index (χ2n) is 6.21. The van der Waals surface area contributed by atoms with Crippen LogP contribution in [0, 0.1) is 11.3 Å². The molecule has 5 nitrogen and oxygen atoms in total. The fraction of sp³-hybridized carbons (Fsp3) is 0.0455. The second kappa shape index (κ2) is 6.77. The van der Waals surface area contributed by atoms with Crippen molar-refractivity contribution in [2.45, 2.75) is 0 Å². The monoisotopic (exact) mass is 352 g/mol. The van der Waals surface area contributed by atoms with E-state index in [1.54, 1.807) is 33.6 Å². The van der Waals surface area contributed by atoms with E-state index in [4.69, 9.17) is 0 Å². The zero-order valence-electron chi connectivity index (χ0n) is 14.7. The first-order chi connectivity index (χ1) is 13.2. The number of hydrogen-bond acceptors (Lipinski definition) is 3. The first-order valence-corrected chi connectivity index (χ1v) is 8.48. The average molecular weight is 352 g/mol. The highest BCUT2D eigenvalue weighted by Crippen LogP contribution is 2.26. The summed E-state index contributed by atoms with van der Waals surface area (Å²) in [4.78, 5) is 13.3. The molecule has 0 N–H and O–H groups in total. The van der Waals surface area contributed by atoms with E-state index in [0.717, 1.165) is 16.8 Å². The molecule has 0 bridgehead atoms. The number of aromatic nitrogens is 3. The maximum Gasteiger partial charge on any atom is 0.263 e. The van der Waals surface area contributed by atoms with E-state index in [-0.39, 0.29) is 5.56 Å². The molecule has 0 saturated heterocycles. The minimum atomic E-state index is -0.170. The summed E-state index contributed by atoms with van der Waals surface area (Å²) < 4.78 is 3.34. The lowest BCUT2D eigenvalue weighted by Gasteiger charge is -2.12. The predicted molar refractivity (Wildman–Crippen MR) is 104 cm³/mol. The molecule has 5 heteroatoms. The maximum absolute atomic E-state index is 13.3. The van der Waals surface area contributed by atoms with Gasteiger partial charge < -0.3 is 0 Å². The third kappa shape index (κ3) is 3.05. The predicted octanol–water partition coefficient (Wildman–Crippen LogP) is 3.78. The molecule has 0 unspecified atom stereocenters. The number of nitrogens with zero attached hydrogens (tertiary/aromatic N) is 4. The van der Waals surface area contributed by atoms with Gasteiger partial charge >= 0.3 is 0 Å². The van der Waals surface area contributed by atoms with Gasteiger partial charge in [-0.1, -0.05) is 36.4 Å². The lowest BCUT2D eigenvalue weighted by atomic mass is 9.99. The molecule has 2 aromatic carbocycles. The Morgan fingerprint density at radius 3 is 2.37 bits per heavy atom. The van der Waals surface area contributed by atoms with Crippen molar-refractivity contribution in [3.05, 3.63) is 95.2 Å². The summed E-state index contributed by atoms with van der Waals surface area (Å²) in [5.41, 5.74) is 3.93. The fourth-order valence-corrected chi connectivity index (χ4v) is 3.10. The van der Waals surface area contributed by atoms with E-state index < -0.39 is 0 Å². The minimum Gasteiger partial charge on any atom is -0.283 e. The van der Waals surface area contributed by atoms with Crippen molar-refractivity contribution >= 4 is 0 Å². The first kappa shape index (κ1) is 16.6. The lowest BCUT2D eigenvalue weighted by molar-refractivity contribution is 0.768. The van der Waals surface area contributed by atoms with Crippen molar-refractivity contribution < 1.29 is 0 Å². The molecule has 0 aliphatic heterocycles. The Labute approximate surface area is 156 Å². The second-order valence-corrected chi connectivity index (χ2v) is 6.21. The van der Waals surface area contributed by atoms with Crippen LogP contribution in [0.1, 0.15) is 5.56 Å². The quantitative estimate of drug-likeness (QED) is 0.564. The number of pyridine rings is 1. The largest absolute Gasteiger partial charge is 0.283 e. The van der Waals surface area contributed by atoms with Crippen molar-refractivity contribution in [2.24, 2.45) is 7.05 Å². The zero-order valence-corrected chi connectivity index (χ0v) is 14.7. The van der Waals surface area contributed by atoms with Crippen LogP contribution in [-0.4, -0.2) is 14.3 Å². The summed E-state index contributed by atoms with van der Waals surface area (Å²) in [5.74, 6) is 0. The number of nitriles is 1. The van der Waals surface area contributed by atoms with E-state index in [2.05, 4.69) is 11.2 Å². The zero-order chi connectivity index (χ0) is 18.8. The Morgan fingerprint density at radius 1 is 0.926 bits per heavy atom. The van der Waals surface area contributed by atoms with E-state index in [9.17, 15) is 10.1 Å². The maximum atomic E-state index is 13.3. The summed E-state index contributed by atoms with van der Waals surface area (Å²) in [7, 11) is 1.85. The smallest absolute Gasteiger partial charge is 0.263 e. The van der Waals surface area contributed by atoms with Gasteiger partial charge in [-0.15, -0.1) is 0 Å². The Bertz CT molecular complexity index is 1210. The molecule has 0 radical (unpaired) electrons. The molecule has 2 aromatic heterocycles. The van der Waals surface area contributed by atoms with Crippen LogP contribution in [0.4, 0.5) is 0 Å². The number of hydrogen-bond donors (Lipinski definition) is 0. The number of benzene rings is 2. The molecule has 0 aliphatic rings. The summed E-state index contributed by atoms with van der Waals surface area (Å²) in [6.45, 7) is 0. The number of para-hydroxylation sites is 1. The molecule has 4 aromatic rings. The summed E-state index contributed by atoms with van der Waals surface area (Å²) >= 11 is 0. The van der Waals surface area contributed by atoms with Crippen LogP contribution in [0.25, 0.3) is 27.9 Å². The van der Waals surface area contributed by atoms with Gasteiger partial charge in [-0.05, 0) is 24.3 Å². The normalized spacial score (nSPS) is 10.5. The highest BCUT2D eigenvalue weighted by atomic mass is 16.1. The van der Waals surface area contributed by atoms with Gasteiger partial charge in [0, 0.05) is 47.4 Å². The fourth-order valence-electron chi connectivity index (χ4n) is 3.10. The van der Waals surface area contributed by atoms with Crippen LogP contribution in [0.3, 0.4) is 0 Å². The van der Waals surface area contributed by atoms with E-state index in [0.29, 0.717) is 16.7 Å². The third-order valence-corrected chi connectivity index (χ3v) is 4.43. The van der Waals surface area contributed by atoms with Gasteiger partial charge in [-0.2, -0.15) is 10.4 Å². The van der Waals surface area contributed by atoms with Crippen LogP contribution in [0.2, 0.25) is 0 Å². The van der Waals surface area contributed by atoms with Gasteiger partial charge in [0.1, 0.15) is 0 Å². The SMILES string of the molecule is Cn1cc(-c2cc(-c3ccccc3C#N)c(=O)n(-c3ccccc3)c2)cn1. The standard InChI is InChI=1S/C22H16N4O/c1-25-14-18(13-24-25)17-11-21(20-10-6-5-7-16(20)12-23)22(27)26(15-17)19-8-3-2-4-9-19/h2-11,13-15H,1H3. The van der Waals surface area contributed by atoms with Crippen molar-refractivity contribution in [3.63, 3.8) is 0 Å². The molecule has 27 heavy (non-hydrogen) atoms. The summed E-state index contributed by atoms with van der Waals surface area (Å²) in [6.07, 6.45) is 5.47. The van der Waals surface area contributed by atoms with Gasteiger partial charge in [0.25, 0.3) is 5.56 Å². The van der Waals surface area contributed by atoms with Crippen LogP contribution >= 0.6 is 0 Å². The van der Waals surface area contributed by atoms with Gasteiger partial charge in [0.2, 0.25) is 0 Å².